The zero-order chi connectivity index (χ0) is 29.7. The van der Waals surface area contributed by atoms with Crippen LogP contribution in [0, 0.1) is 0 Å². The van der Waals surface area contributed by atoms with Crippen LogP contribution in [-0.4, -0.2) is 70.5 Å². The Bertz CT molecular complexity index is 1720. The number of hydrogen-bond donors (Lipinski definition) is 0. The molecule has 218 valence electrons. The van der Waals surface area contributed by atoms with Gasteiger partial charge in [0.2, 0.25) is 11.8 Å². The van der Waals surface area contributed by atoms with Crippen molar-refractivity contribution in [2.45, 2.75) is 37.9 Å². The lowest BCUT2D eigenvalue weighted by Crippen LogP contribution is -2.52. The molecule has 4 aromatic heterocycles. The standard InChI is InChI=1S/C25H24F3N5O6S2/c1-24(2,3)38-23(34)32-12-15(13-32)33-11-14(10-30-33)19-18(16-6-5-8-29-21(16)37-4)20-17(7-9-40-20)22(31-19)39-41(35,36)25(26,27)28/h5-11,15H,12-13H2,1-4H3. The molecule has 4 aromatic rings. The van der Waals surface area contributed by atoms with E-state index in [0.29, 0.717) is 34.5 Å². The number of ether oxygens (including phenoxy) is 2. The van der Waals surface area contributed by atoms with E-state index in [1.54, 1.807) is 49.2 Å². The molecule has 41 heavy (non-hydrogen) atoms. The van der Waals surface area contributed by atoms with E-state index in [4.69, 9.17) is 9.47 Å². The second kappa shape index (κ2) is 10.2. The summed E-state index contributed by atoms with van der Waals surface area (Å²) < 4.78 is 80.9. The highest BCUT2D eigenvalue weighted by atomic mass is 32.2. The van der Waals surface area contributed by atoms with Gasteiger partial charge in [-0.05, 0) is 44.4 Å². The topological polar surface area (TPSA) is 126 Å². The average Bonchev–Trinajstić information content (AvgIpc) is 3.51. The largest absolute Gasteiger partial charge is 0.534 e. The molecule has 0 spiro atoms. The summed E-state index contributed by atoms with van der Waals surface area (Å²) in [6.45, 7) is 5.97. The highest BCUT2D eigenvalue weighted by Crippen LogP contribution is 2.46. The molecule has 1 saturated heterocycles. The Labute approximate surface area is 236 Å². The Kier molecular flexibility index (Phi) is 7.09. The Hall–Kier alpha value is -3.92. The Morgan fingerprint density at radius 1 is 1.15 bits per heavy atom. The van der Waals surface area contributed by atoms with E-state index in [9.17, 15) is 26.4 Å². The van der Waals surface area contributed by atoms with Crippen LogP contribution in [0.3, 0.4) is 0 Å². The summed E-state index contributed by atoms with van der Waals surface area (Å²) in [6.07, 6.45) is 4.13. The van der Waals surface area contributed by atoms with Crippen molar-refractivity contribution in [2.24, 2.45) is 0 Å². The van der Waals surface area contributed by atoms with Crippen molar-refractivity contribution in [3.8, 4) is 34.1 Å². The first kappa shape index (κ1) is 28.6. The number of carbonyl (C=O) groups is 1. The van der Waals surface area contributed by atoms with Crippen molar-refractivity contribution in [1.82, 2.24) is 24.6 Å². The highest BCUT2D eigenvalue weighted by molar-refractivity contribution is 7.88. The second-order valence-corrected chi connectivity index (χ2v) is 12.5. The van der Waals surface area contributed by atoms with Crippen molar-refractivity contribution in [1.29, 1.82) is 0 Å². The van der Waals surface area contributed by atoms with Crippen LogP contribution in [0.15, 0.2) is 42.2 Å². The molecule has 0 atom stereocenters. The fraction of sp³-hybridized carbons (Fsp3) is 0.360. The Morgan fingerprint density at radius 3 is 2.54 bits per heavy atom. The molecule has 1 amide bonds. The monoisotopic (exact) mass is 611 g/mol. The maximum Gasteiger partial charge on any atom is 0.534 e. The normalized spacial score (nSPS) is 14.7. The summed E-state index contributed by atoms with van der Waals surface area (Å²) in [4.78, 5) is 22.4. The lowest BCUT2D eigenvalue weighted by atomic mass is 10.0. The number of likely N-dealkylation sites (tertiary alicyclic amines) is 1. The lowest BCUT2D eigenvalue weighted by Gasteiger charge is -2.39. The summed E-state index contributed by atoms with van der Waals surface area (Å²) in [5.41, 5.74) is -4.91. The van der Waals surface area contributed by atoms with Gasteiger partial charge >= 0.3 is 21.7 Å². The molecule has 1 fully saturated rings. The summed E-state index contributed by atoms with van der Waals surface area (Å²) >= 11 is 1.16. The quantitative estimate of drug-likeness (QED) is 0.212. The molecule has 16 heteroatoms. The van der Waals surface area contributed by atoms with Gasteiger partial charge in [0, 0.05) is 46.9 Å². The van der Waals surface area contributed by atoms with Gasteiger partial charge in [-0.25, -0.2) is 14.8 Å². The number of hydrogen-bond acceptors (Lipinski definition) is 10. The van der Waals surface area contributed by atoms with Gasteiger partial charge in [-0.2, -0.15) is 26.7 Å². The average molecular weight is 612 g/mol. The van der Waals surface area contributed by atoms with E-state index < -0.39 is 33.2 Å². The number of rotatable bonds is 6. The number of carbonyl (C=O) groups excluding carboxylic acids is 1. The third-order valence-electron chi connectivity index (χ3n) is 6.04. The maximum absolute atomic E-state index is 13.2. The number of alkyl halides is 3. The van der Waals surface area contributed by atoms with E-state index in [-0.39, 0.29) is 23.0 Å². The summed E-state index contributed by atoms with van der Waals surface area (Å²) in [7, 11) is -4.59. The molecule has 11 nitrogen and oxygen atoms in total. The first-order chi connectivity index (χ1) is 19.2. The lowest BCUT2D eigenvalue weighted by molar-refractivity contribution is -0.0500. The van der Waals surface area contributed by atoms with E-state index in [2.05, 4.69) is 19.2 Å². The van der Waals surface area contributed by atoms with Gasteiger partial charge < -0.3 is 18.6 Å². The van der Waals surface area contributed by atoms with Crippen LogP contribution < -0.4 is 8.92 Å². The number of aromatic nitrogens is 4. The van der Waals surface area contributed by atoms with E-state index in [1.165, 1.54) is 30.5 Å². The zero-order valence-electron chi connectivity index (χ0n) is 22.2. The predicted octanol–water partition coefficient (Wildman–Crippen LogP) is 5.25. The molecule has 5 rings (SSSR count). The van der Waals surface area contributed by atoms with Gasteiger partial charge in [0.05, 0.1) is 30.4 Å². The van der Waals surface area contributed by atoms with Crippen molar-refractivity contribution in [3.63, 3.8) is 0 Å². The number of fused-ring (bicyclic) bond motifs is 1. The number of thiophene rings is 1. The molecular formula is C25H24F3N5O6S2. The van der Waals surface area contributed by atoms with Gasteiger partial charge in [-0.1, -0.05) is 0 Å². The van der Waals surface area contributed by atoms with Gasteiger partial charge in [-0.3, -0.25) is 4.68 Å². The van der Waals surface area contributed by atoms with E-state index in [1.807, 2.05) is 0 Å². The fourth-order valence-electron chi connectivity index (χ4n) is 4.17. The van der Waals surface area contributed by atoms with Crippen molar-refractivity contribution in [2.75, 3.05) is 20.2 Å². The molecule has 0 saturated carbocycles. The Morgan fingerprint density at radius 2 is 1.88 bits per heavy atom. The molecule has 0 unspecified atom stereocenters. The minimum atomic E-state index is -6.00. The maximum atomic E-state index is 13.2. The molecule has 0 radical (unpaired) electrons. The molecule has 1 aliphatic heterocycles. The Balaban J connectivity index is 1.58. The van der Waals surface area contributed by atoms with Crippen molar-refractivity contribution in [3.05, 3.63) is 42.2 Å². The zero-order valence-corrected chi connectivity index (χ0v) is 23.8. The third kappa shape index (κ3) is 5.53. The SMILES string of the molecule is COc1ncccc1-c1c(-c2cnn(C3CN(C(=O)OC(C)(C)C)C3)c2)nc(OS(=O)(=O)C(F)(F)F)c2ccsc12. The highest BCUT2D eigenvalue weighted by Gasteiger charge is 2.49. The molecule has 5 heterocycles. The summed E-state index contributed by atoms with van der Waals surface area (Å²) in [6, 6.07) is 4.59. The smallest absolute Gasteiger partial charge is 0.481 e. The van der Waals surface area contributed by atoms with Crippen molar-refractivity contribution >= 4 is 37.6 Å². The number of nitrogens with zero attached hydrogens (tertiary/aromatic N) is 5. The van der Waals surface area contributed by atoms with Gasteiger partial charge in [0.1, 0.15) is 5.60 Å². The van der Waals surface area contributed by atoms with Gasteiger partial charge in [-0.15, -0.1) is 11.3 Å². The van der Waals surface area contributed by atoms with Crippen LogP contribution >= 0.6 is 11.3 Å². The van der Waals surface area contributed by atoms with Crippen LogP contribution in [0.5, 0.6) is 11.8 Å². The van der Waals surface area contributed by atoms with Gasteiger partial charge in [0.25, 0.3) is 0 Å². The fourth-order valence-corrected chi connectivity index (χ4v) is 5.55. The van der Waals surface area contributed by atoms with E-state index in [0.717, 1.165) is 11.3 Å². The minimum Gasteiger partial charge on any atom is -0.481 e. The third-order valence-corrected chi connectivity index (χ3v) is 7.92. The van der Waals surface area contributed by atoms with Crippen LogP contribution in [0.4, 0.5) is 18.0 Å². The van der Waals surface area contributed by atoms with Crippen LogP contribution in [-0.2, 0) is 14.9 Å². The number of halogens is 3. The predicted molar refractivity (Wildman–Crippen MR) is 143 cm³/mol. The van der Waals surface area contributed by atoms with Gasteiger partial charge in [0.15, 0.2) is 0 Å². The van der Waals surface area contributed by atoms with Crippen LogP contribution in [0.2, 0.25) is 0 Å². The molecule has 0 aliphatic carbocycles. The van der Waals surface area contributed by atoms with Crippen molar-refractivity contribution < 1.29 is 40.0 Å². The molecule has 1 aliphatic rings. The first-order valence-corrected chi connectivity index (χ1v) is 14.4. The van der Waals surface area contributed by atoms with Crippen LogP contribution in [0.1, 0.15) is 26.8 Å². The second-order valence-electron chi connectivity index (χ2n) is 10.1. The minimum absolute atomic E-state index is 0.0619. The molecular weight excluding hydrogens is 587 g/mol. The number of methoxy groups -OCH3 is 1. The molecule has 0 aromatic carbocycles. The molecule has 0 N–H and O–H groups in total. The first-order valence-electron chi connectivity index (χ1n) is 12.1. The summed E-state index contributed by atoms with van der Waals surface area (Å²) in [5.74, 6) is -0.506. The van der Waals surface area contributed by atoms with Crippen LogP contribution in [0.25, 0.3) is 32.5 Å². The summed E-state index contributed by atoms with van der Waals surface area (Å²) in [5, 5.41) is 6.03. The van der Waals surface area contributed by atoms with E-state index >= 15 is 0 Å². The number of amides is 1. The molecule has 0 bridgehead atoms. The number of pyridine rings is 2.